The summed E-state index contributed by atoms with van der Waals surface area (Å²) in [6.07, 6.45) is 3.66. The number of carboxylic acids is 2. The summed E-state index contributed by atoms with van der Waals surface area (Å²) in [5.74, 6) is -1.97. The number of benzene rings is 2. The van der Waals surface area contributed by atoms with Crippen molar-refractivity contribution in [3.8, 4) is 0 Å². The van der Waals surface area contributed by atoms with E-state index in [2.05, 4.69) is 9.88 Å². The molecule has 1 atom stereocenters. The second-order valence-corrected chi connectivity index (χ2v) is 9.11. The van der Waals surface area contributed by atoms with Crippen molar-refractivity contribution in [2.24, 2.45) is 0 Å². The quantitative estimate of drug-likeness (QED) is 0.393. The highest BCUT2D eigenvalue weighted by Crippen LogP contribution is 2.33. The Balaban J connectivity index is 1.45. The fraction of sp³-hybridized carbons (Fsp3) is 0.250. The average molecular weight is 485 g/mol. The number of rotatable bonds is 8. The fourth-order valence-corrected chi connectivity index (χ4v) is 4.97. The molecule has 0 amide bonds. The first-order valence-electron chi connectivity index (χ1n) is 12.0. The maximum absolute atomic E-state index is 12.6. The molecule has 0 unspecified atom stereocenters. The SMILES string of the molecule is O=C(O)c1ccc2c(c1)c([C@H](C(=O)O)N1CCN(Cc3ccccn3)CC1)cn2Cc1ccccc1. The largest absolute Gasteiger partial charge is 0.480 e. The third-order valence-corrected chi connectivity index (χ3v) is 6.77. The van der Waals surface area contributed by atoms with Crippen LogP contribution < -0.4 is 0 Å². The minimum Gasteiger partial charge on any atom is -0.480 e. The minimum atomic E-state index is -1.03. The number of aromatic carboxylic acids is 1. The van der Waals surface area contributed by atoms with E-state index in [-0.39, 0.29) is 5.56 Å². The molecule has 3 heterocycles. The summed E-state index contributed by atoms with van der Waals surface area (Å²) < 4.78 is 2.01. The number of carboxylic acid groups (broad SMARTS) is 2. The highest BCUT2D eigenvalue weighted by atomic mass is 16.4. The van der Waals surface area contributed by atoms with Crippen LogP contribution >= 0.6 is 0 Å². The Morgan fingerprint density at radius 1 is 0.889 bits per heavy atom. The molecule has 8 heteroatoms. The Labute approximate surface area is 209 Å². The maximum atomic E-state index is 12.6. The first-order chi connectivity index (χ1) is 17.5. The molecule has 8 nitrogen and oxygen atoms in total. The lowest BCUT2D eigenvalue weighted by atomic mass is 10.0. The fourth-order valence-electron chi connectivity index (χ4n) is 4.97. The molecule has 0 bridgehead atoms. The summed E-state index contributed by atoms with van der Waals surface area (Å²) in [5, 5.41) is 20.6. The van der Waals surface area contributed by atoms with Gasteiger partial charge in [-0.2, -0.15) is 0 Å². The van der Waals surface area contributed by atoms with E-state index in [4.69, 9.17) is 0 Å². The maximum Gasteiger partial charge on any atom is 0.335 e. The number of hydrogen-bond acceptors (Lipinski definition) is 5. The highest BCUT2D eigenvalue weighted by molar-refractivity contribution is 5.96. The van der Waals surface area contributed by atoms with Gasteiger partial charge in [0.05, 0.1) is 11.3 Å². The Bertz CT molecular complexity index is 1360. The molecule has 0 aliphatic carbocycles. The molecule has 36 heavy (non-hydrogen) atoms. The van der Waals surface area contributed by atoms with E-state index in [1.54, 1.807) is 24.4 Å². The highest BCUT2D eigenvalue weighted by Gasteiger charge is 2.33. The summed E-state index contributed by atoms with van der Waals surface area (Å²) in [4.78, 5) is 33.0. The van der Waals surface area contributed by atoms with Crippen molar-refractivity contribution >= 4 is 22.8 Å². The molecule has 4 aromatic rings. The van der Waals surface area contributed by atoms with Crippen LogP contribution in [-0.4, -0.2) is 67.7 Å². The number of nitrogens with zero attached hydrogens (tertiary/aromatic N) is 4. The van der Waals surface area contributed by atoms with Crippen LogP contribution in [0, 0.1) is 0 Å². The van der Waals surface area contributed by atoms with E-state index in [0.717, 1.165) is 36.4 Å². The second kappa shape index (κ2) is 10.3. The smallest absolute Gasteiger partial charge is 0.335 e. The molecule has 0 radical (unpaired) electrons. The van der Waals surface area contributed by atoms with E-state index >= 15 is 0 Å². The Hall–Kier alpha value is -4.01. The number of aromatic nitrogens is 2. The Morgan fingerprint density at radius 2 is 1.64 bits per heavy atom. The van der Waals surface area contributed by atoms with Gasteiger partial charge >= 0.3 is 11.9 Å². The molecule has 1 fully saturated rings. The summed E-state index contributed by atoms with van der Waals surface area (Å²) in [7, 11) is 0. The lowest BCUT2D eigenvalue weighted by Crippen LogP contribution is -2.48. The van der Waals surface area contributed by atoms with Crippen molar-refractivity contribution in [2.75, 3.05) is 26.2 Å². The third-order valence-electron chi connectivity index (χ3n) is 6.77. The van der Waals surface area contributed by atoms with Crippen LogP contribution in [0.25, 0.3) is 10.9 Å². The van der Waals surface area contributed by atoms with Gasteiger partial charge in [-0.05, 0) is 35.9 Å². The van der Waals surface area contributed by atoms with Gasteiger partial charge in [-0.25, -0.2) is 4.79 Å². The van der Waals surface area contributed by atoms with Crippen molar-refractivity contribution in [1.82, 2.24) is 19.4 Å². The van der Waals surface area contributed by atoms with Crippen LogP contribution in [0.15, 0.2) is 79.1 Å². The number of piperazine rings is 1. The molecular weight excluding hydrogens is 456 g/mol. The van der Waals surface area contributed by atoms with Crippen molar-refractivity contribution in [3.05, 3.63) is 102 Å². The molecule has 1 aliphatic rings. The molecule has 5 rings (SSSR count). The van der Waals surface area contributed by atoms with E-state index in [1.807, 2.05) is 64.2 Å². The first-order valence-corrected chi connectivity index (χ1v) is 12.0. The second-order valence-electron chi connectivity index (χ2n) is 9.11. The zero-order chi connectivity index (χ0) is 25.1. The summed E-state index contributed by atoms with van der Waals surface area (Å²) in [6.45, 7) is 3.92. The van der Waals surface area contributed by atoms with E-state index in [1.165, 1.54) is 0 Å². The number of aliphatic carboxylic acids is 1. The van der Waals surface area contributed by atoms with E-state index in [9.17, 15) is 19.8 Å². The van der Waals surface area contributed by atoms with Crippen LogP contribution in [0.2, 0.25) is 0 Å². The molecule has 2 aromatic carbocycles. The molecule has 2 N–H and O–H groups in total. The molecule has 0 spiro atoms. The minimum absolute atomic E-state index is 0.144. The van der Waals surface area contributed by atoms with Crippen LogP contribution in [0.5, 0.6) is 0 Å². The van der Waals surface area contributed by atoms with Gasteiger partial charge in [-0.1, -0.05) is 36.4 Å². The monoisotopic (exact) mass is 484 g/mol. The predicted molar refractivity (Wildman–Crippen MR) is 136 cm³/mol. The number of hydrogen-bond donors (Lipinski definition) is 2. The van der Waals surface area contributed by atoms with Crippen molar-refractivity contribution in [1.29, 1.82) is 0 Å². The van der Waals surface area contributed by atoms with Gasteiger partial charge in [0.1, 0.15) is 6.04 Å². The average Bonchev–Trinajstić information content (AvgIpc) is 3.23. The van der Waals surface area contributed by atoms with E-state index in [0.29, 0.717) is 30.6 Å². The Kier molecular flexibility index (Phi) is 6.79. The topological polar surface area (TPSA) is 98.9 Å². The van der Waals surface area contributed by atoms with Crippen LogP contribution in [0.3, 0.4) is 0 Å². The standard InChI is InChI=1S/C28H28N4O4/c33-27(34)21-9-10-25-23(16-21)24(19-32(25)17-20-6-2-1-3-7-20)26(28(35)36)31-14-12-30(13-15-31)18-22-8-4-5-11-29-22/h1-11,16,19,26H,12-15,17-18H2,(H,33,34)(H,35,36)/t26-/m1/s1. The van der Waals surface area contributed by atoms with E-state index < -0.39 is 18.0 Å². The van der Waals surface area contributed by atoms with Gasteiger partial charge in [0.2, 0.25) is 0 Å². The van der Waals surface area contributed by atoms with Gasteiger partial charge < -0.3 is 14.8 Å². The lowest BCUT2D eigenvalue weighted by Gasteiger charge is -2.37. The number of fused-ring (bicyclic) bond motifs is 1. The summed E-state index contributed by atoms with van der Waals surface area (Å²) in [5.41, 5.74) is 3.66. The number of pyridine rings is 1. The predicted octanol–water partition coefficient (Wildman–Crippen LogP) is 3.73. The molecule has 1 aliphatic heterocycles. The molecule has 2 aromatic heterocycles. The van der Waals surface area contributed by atoms with Gasteiger partial charge in [-0.3, -0.25) is 19.6 Å². The zero-order valence-corrected chi connectivity index (χ0v) is 19.8. The van der Waals surface area contributed by atoms with Crippen molar-refractivity contribution < 1.29 is 19.8 Å². The van der Waals surface area contributed by atoms with Crippen molar-refractivity contribution in [2.45, 2.75) is 19.1 Å². The molecule has 0 saturated carbocycles. The van der Waals surface area contributed by atoms with Gasteiger partial charge in [-0.15, -0.1) is 0 Å². The zero-order valence-electron chi connectivity index (χ0n) is 19.8. The van der Waals surface area contributed by atoms with Crippen molar-refractivity contribution in [3.63, 3.8) is 0 Å². The number of carbonyl (C=O) groups is 2. The molecule has 184 valence electrons. The summed E-state index contributed by atoms with van der Waals surface area (Å²) >= 11 is 0. The van der Waals surface area contributed by atoms with Gasteiger partial charge in [0.25, 0.3) is 0 Å². The first kappa shape index (κ1) is 23.7. The van der Waals surface area contributed by atoms with Gasteiger partial charge in [0.15, 0.2) is 0 Å². The summed E-state index contributed by atoms with van der Waals surface area (Å²) in [6, 6.07) is 19.9. The lowest BCUT2D eigenvalue weighted by molar-refractivity contribution is -0.144. The third kappa shape index (κ3) is 5.00. The van der Waals surface area contributed by atoms with Crippen LogP contribution in [-0.2, 0) is 17.9 Å². The molecular formula is C28H28N4O4. The van der Waals surface area contributed by atoms with Crippen LogP contribution in [0.4, 0.5) is 0 Å². The Morgan fingerprint density at radius 3 is 2.31 bits per heavy atom. The van der Waals surface area contributed by atoms with Gasteiger partial charge in [0, 0.05) is 68.1 Å². The van der Waals surface area contributed by atoms with Crippen LogP contribution in [0.1, 0.15) is 33.2 Å². The molecule has 1 saturated heterocycles. The normalized spacial score (nSPS) is 15.7.